The van der Waals surface area contributed by atoms with E-state index in [0.717, 1.165) is 23.4 Å². The summed E-state index contributed by atoms with van der Waals surface area (Å²) < 4.78 is 54.3. The Hall–Kier alpha value is -3.36. The van der Waals surface area contributed by atoms with E-state index in [1.54, 1.807) is 10.9 Å². The second-order valence-electron chi connectivity index (χ2n) is 6.20. The first kappa shape index (κ1) is 20.4. The van der Waals surface area contributed by atoms with Gasteiger partial charge in [-0.1, -0.05) is 18.2 Å². The monoisotopic (exact) mass is 405 g/mol. The molecule has 1 heterocycles. The van der Waals surface area contributed by atoms with Crippen molar-refractivity contribution in [1.29, 1.82) is 0 Å². The minimum absolute atomic E-state index is 0.0671. The molecule has 2 aromatic carbocycles. The van der Waals surface area contributed by atoms with Crippen molar-refractivity contribution in [2.24, 2.45) is 4.99 Å². The van der Waals surface area contributed by atoms with Crippen molar-refractivity contribution in [3.05, 3.63) is 83.4 Å². The molecule has 0 radical (unpaired) electrons. The average molecular weight is 405 g/mol. The lowest BCUT2D eigenvalue weighted by Gasteiger charge is -2.16. The first-order valence-corrected chi connectivity index (χ1v) is 8.76. The van der Waals surface area contributed by atoms with Gasteiger partial charge in [-0.2, -0.15) is 18.3 Å². The maximum absolute atomic E-state index is 13.2. The minimum atomic E-state index is -4.64. The van der Waals surface area contributed by atoms with E-state index < -0.39 is 17.6 Å². The zero-order valence-electron chi connectivity index (χ0n) is 15.5. The summed E-state index contributed by atoms with van der Waals surface area (Å²) in [5, 5.41) is 10.1. The fraction of sp³-hybridized carbons (Fsp3) is 0.200. The van der Waals surface area contributed by atoms with Gasteiger partial charge in [-0.05, 0) is 41.5 Å². The fourth-order valence-electron chi connectivity index (χ4n) is 2.78. The van der Waals surface area contributed by atoms with Crippen molar-refractivity contribution in [3.63, 3.8) is 0 Å². The summed E-state index contributed by atoms with van der Waals surface area (Å²) in [6, 6.07) is 12.1. The molecule has 0 saturated carbocycles. The van der Waals surface area contributed by atoms with Crippen molar-refractivity contribution in [2.45, 2.75) is 19.3 Å². The van der Waals surface area contributed by atoms with Crippen LogP contribution in [0.4, 0.5) is 17.6 Å². The standard InChI is InChI=1S/C20H19F4N5/c1-25-19(27-13-15-6-7-16(21)11-18(15)20(22,23)24)26-12-14-4-2-5-17(10-14)29-9-3-8-28-29/h2-11H,12-13H2,1H3,(H2,25,26,27). The Labute approximate surface area is 165 Å². The lowest BCUT2D eigenvalue weighted by atomic mass is 10.1. The Bertz CT molecular complexity index is 981. The number of nitrogens with zero attached hydrogens (tertiary/aromatic N) is 3. The van der Waals surface area contributed by atoms with Gasteiger partial charge >= 0.3 is 6.18 Å². The topological polar surface area (TPSA) is 54.2 Å². The van der Waals surface area contributed by atoms with Crippen LogP contribution in [0.5, 0.6) is 0 Å². The molecule has 0 spiro atoms. The van der Waals surface area contributed by atoms with Crippen LogP contribution < -0.4 is 10.6 Å². The quantitative estimate of drug-likeness (QED) is 0.385. The Morgan fingerprint density at radius 3 is 2.55 bits per heavy atom. The summed E-state index contributed by atoms with van der Waals surface area (Å²) in [5.74, 6) is -0.604. The number of rotatable bonds is 5. The van der Waals surface area contributed by atoms with Gasteiger partial charge in [0, 0.05) is 32.5 Å². The first-order valence-electron chi connectivity index (χ1n) is 8.76. The molecule has 5 nitrogen and oxygen atoms in total. The van der Waals surface area contributed by atoms with E-state index in [4.69, 9.17) is 0 Å². The average Bonchev–Trinajstić information content (AvgIpc) is 3.23. The van der Waals surface area contributed by atoms with Crippen LogP contribution in [0.25, 0.3) is 5.69 Å². The van der Waals surface area contributed by atoms with Gasteiger partial charge in [0.1, 0.15) is 5.82 Å². The number of alkyl halides is 3. The molecule has 0 aliphatic rings. The largest absolute Gasteiger partial charge is 0.416 e. The van der Waals surface area contributed by atoms with Gasteiger partial charge in [-0.3, -0.25) is 4.99 Å². The third kappa shape index (κ3) is 5.34. The third-order valence-electron chi connectivity index (χ3n) is 4.19. The van der Waals surface area contributed by atoms with Crippen LogP contribution in [0.2, 0.25) is 0 Å². The number of hydrogen-bond donors (Lipinski definition) is 2. The molecule has 9 heteroatoms. The second-order valence-corrected chi connectivity index (χ2v) is 6.20. The second kappa shape index (κ2) is 8.76. The normalized spacial score (nSPS) is 12.1. The van der Waals surface area contributed by atoms with Crippen molar-refractivity contribution < 1.29 is 17.6 Å². The number of aromatic nitrogens is 2. The maximum atomic E-state index is 13.2. The Balaban J connectivity index is 1.63. The van der Waals surface area contributed by atoms with Crippen LogP contribution in [0.3, 0.4) is 0 Å². The summed E-state index contributed by atoms with van der Waals surface area (Å²) in [6.07, 6.45) is -1.13. The molecule has 3 rings (SSSR count). The summed E-state index contributed by atoms with van der Waals surface area (Å²) in [6.45, 7) is 0.256. The van der Waals surface area contributed by atoms with Crippen molar-refractivity contribution in [2.75, 3.05) is 7.05 Å². The van der Waals surface area contributed by atoms with Crippen LogP contribution in [0.15, 0.2) is 65.9 Å². The molecule has 0 fully saturated rings. The molecule has 0 amide bonds. The summed E-state index contributed by atoms with van der Waals surface area (Å²) >= 11 is 0. The van der Waals surface area contributed by atoms with E-state index in [9.17, 15) is 17.6 Å². The van der Waals surface area contributed by atoms with Crippen LogP contribution in [0, 0.1) is 5.82 Å². The van der Waals surface area contributed by atoms with E-state index in [1.807, 2.05) is 36.5 Å². The predicted octanol–water partition coefficient (Wildman–Crippen LogP) is 3.90. The Morgan fingerprint density at radius 1 is 1.07 bits per heavy atom. The minimum Gasteiger partial charge on any atom is -0.352 e. The van der Waals surface area contributed by atoms with E-state index in [-0.39, 0.29) is 12.1 Å². The molecule has 0 unspecified atom stereocenters. The molecule has 1 aromatic heterocycles. The highest BCUT2D eigenvalue weighted by atomic mass is 19.4. The van der Waals surface area contributed by atoms with Gasteiger partial charge in [0.25, 0.3) is 0 Å². The molecular weight excluding hydrogens is 386 g/mol. The van der Waals surface area contributed by atoms with Crippen LogP contribution >= 0.6 is 0 Å². The molecule has 2 N–H and O–H groups in total. The zero-order valence-corrected chi connectivity index (χ0v) is 15.5. The first-order chi connectivity index (χ1) is 13.9. The van der Waals surface area contributed by atoms with Gasteiger partial charge in [0.05, 0.1) is 11.3 Å². The summed E-state index contributed by atoms with van der Waals surface area (Å²) in [7, 11) is 1.52. The lowest BCUT2D eigenvalue weighted by molar-refractivity contribution is -0.138. The highest BCUT2D eigenvalue weighted by Crippen LogP contribution is 2.32. The third-order valence-corrected chi connectivity index (χ3v) is 4.19. The fourth-order valence-corrected chi connectivity index (χ4v) is 2.78. The van der Waals surface area contributed by atoms with E-state index in [0.29, 0.717) is 18.6 Å². The number of benzene rings is 2. The maximum Gasteiger partial charge on any atom is 0.416 e. The smallest absolute Gasteiger partial charge is 0.352 e. The highest BCUT2D eigenvalue weighted by molar-refractivity contribution is 5.79. The van der Waals surface area contributed by atoms with Crippen LogP contribution in [-0.4, -0.2) is 22.8 Å². The van der Waals surface area contributed by atoms with E-state index in [2.05, 4.69) is 20.7 Å². The van der Waals surface area contributed by atoms with Crippen molar-refractivity contribution >= 4 is 5.96 Å². The molecule has 0 aliphatic carbocycles. The number of nitrogens with one attached hydrogen (secondary N) is 2. The number of guanidine groups is 1. The molecule has 0 aliphatic heterocycles. The molecule has 0 atom stereocenters. The van der Waals surface area contributed by atoms with Gasteiger partial charge in [0.15, 0.2) is 5.96 Å². The molecule has 0 saturated heterocycles. The van der Waals surface area contributed by atoms with E-state index >= 15 is 0 Å². The molecule has 29 heavy (non-hydrogen) atoms. The lowest BCUT2D eigenvalue weighted by Crippen LogP contribution is -2.36. The molecular formula is C20H19F4N5. The number of hydrogen-bond acceptors (Lipinski definition) is 2. The zero-order chi connectivity index (χ0) is 20.9. The number of halogens is 4. The van der Waals surface area contributed by atoms with Gasteiger partial charge in [-0.25, -0.2) is 9.07 Å². The highest BCUT2D eigenvalue weighted by Gasteiger charge is 2.33. The van der Waals surface area contributed by atoms with Gasteiger partial charge < -0.3 is 10.6 Å². The van der Waals surface area contributed by atoms with E-state index in [1.165, 1.54) is 7.05 Å². The number of aliphatic imine (C=N–C) groups is 1. The SMILES string of the molecule is CN=C(NCc1cccc(-n2cccn2)c1)NCc1ccc(F)cc1C(F)(F)F. The predicted molar refractivity (Wildman–Crippen MR) is 102 cm³/mol. The molecule has 3 aromatic rings. The summed E-state index contributed by atoms with van der Waals surface area (Å²) in [5.41, 5.74) is 0.756. The van der Waals surface area contributed by atoms with Crippen LogP contribution in [-0.2, 0) is 19.3 Å². The Kier molecular flexibility index (Phi) is 6.16. The van der Waals surface area contributed by atoms with Crippen LogP contribution in [0.1, 0.15) is 16.7 Å². The molecule has 152 valence electrons. The van der Waals surface area contributed by atoms with Gasteiger partial charge in [-0.15, -0.1) is 0 Å². The molecule has 0 bridgehead atoms. The van der Waals surface area contributed by atoms with Crippen molar-refractivity contribution in [1.82, 2.24) is 20.4 Å². The van der Waals surface area contributed by atoms with Gasteiger partial charge in [0.2, 0.25) is 0 Å². The Morgan fingerprint density at radius 2 is 1.86 bits per heavy atom. The summed E-state index contributed by atoms with van der Waals surface area (Å²) in [4.78, 5) is 4.02. The van der Waals surface area contributed by atoms with Crippen molar-refractivity contribution in [3.8, 4) is 5.69 Å².